The van der Waals surface area contributed by atoms with Gasteiger partial charge in [-0.3, -0.25) is 0 Å². The third-order valence-electron chi connectivity index (χ3n) is 1.20. The number of terminal acetylenes is 1. The minimum absolute atomic E-state index is 0.988. The summed E-state index contributed by atoms with van der Waals surface area (Å²) in [5.41, 5.74) is 2.24. The van der Waals surface area contributed by atoms with Gasteiger partial charge in [0.05, 0.1) is 0 Å². The average Bonchev–Trinajstić information content (AvgIpc) is 1.88. The van der Waals surface area contributed by atoms with Crippen LogP contribution in [-0.2, 0) is 0 Å². The van der Waals surface area contributed by atoms with E-state index in [1.807, 2.05) is 13.0 Å². The maximum atomic E-state index is 5.17. The molecule has 0 aliphatic heterocycles. The predicted molar refractivity (Wildman–Crippen MR) is 46.6 cm³/mol. The summed E-state index contributed by atoms with van der Waals surface area (Å²) < 4.78 is 0. The van der Waals surface area contributed by atoms with E-state index in [0.717, 1.165) is 12.0 Å². The topological polar surface area (TPSA) is 0 Å². The first-order chi connectivity index (χ1) is 4.70. The summed E-state index contributed by atoms with van der Waals surface area (Å²) in [4.78, 5) is 0. The van der Waals surface area contributed by atoms with Crippen molar-refractivity contribution in [3.05, 3.63) is 23.3 Å². The molecule has 0 aromatic carbocycles. The van der Waals surface area contributed by atoms with E-state index in [-0.39, 0.29) is 0 Å². The van der Waals surface area contributed by atoms with Crippen molar-refractivity contribution in [1.29, 1.82) is 0 Å². The van der Waals surface area contributed by atoms with Crippen molar-refractivity contribution in [3.8, 4) is 12.3 Å². The molecule has 0 aromatic rings. The maximum Gasteiger partial charge on any atom is -0.00109 e. The molecule has 0 aliphatic rings. The Hall–Kier alpha value is -0.960. The minimum Gasteiger partial charge on any atom is -0.115 e. The van der Waals surface area contributed by atoms with Crippen LogP contribution in [0, 0.1) is 12.3 Å². The highest BCUT2D eigenvalue weighted by Gasteiger charge is 1.82. The Kier molecular flexibility index (Phi) is 4.41. The van der Waals surface area contributed by atoms with E-state index in [2.05, 4.69) is 25.8 Å². The van der Waals surface area contributed by atoms with Gasteiger partial charge in [-0.1, -0.05) is 24.5 Å². The molecule has 0 bridgehead atoms. The van der Waals surface area contributed by atoms with Crippen molar-refractivity contribution in [2.45, 2.75) is 27.2 Å². The molecular weight excluding hydrogens is 120 g/mol. The number of allylic oxidation sites excluding steroid dienone is 4. The molecule has 0 fully saturated rings. The third-order valence-corrected chi connectivity index (χ3v) is 1.20. The third kappa shape index (κ3) is 3.97. The van der Waals surface area contributed by atoms with Gasteiger partial charge < -0.3 is 0 Å². The molecule has 0 aromatic heterocycles. The van der Waals surface area contributed by atoms with E-state index >= 15 is 0 Å². The number of rotatable bonds is 2. The number of hydrogen-bond donors (Lipinski definition) is 0. The SMILES string of the molecule is C#C/C(C)=C/C(C)=C/CC. The fraction of sp³-hybridized carbons (Fsp3) is 0.400. The molecule has 0 unspecified atom stereocenters. The van der Waals surface area contributed by atoms with Crippen molar-refractivity contribution in [2.75, 3.05) is 0 Å². The van der Waals surface area contributed by atoms with E-state index in [1.54, 1.807) is 0 Å². The first kappa shape index (κ1) is 9.04. The largest absolute Gasteiger partial charge is 0.115 e. The summed E-state index contributed by atoms with van der Waals surface area (Å²) >= 11 is 0. The zero-order valence-corrected chi connectivity index (χ0v) is 6.94. The molecule has 0 aliphatic carbocycles. The standard InChI is InChI=1S/C10H14/c1-5-7-10(4)8-9(3)6-2/h2,7-8H,5H2,1,3-4H3/b9-8+,10-7+. The average molecular weight is 134 g/mol. The van der Waals surface area contributed by atoms with Gasteiger partial charge in [-0.15, -0.1) is 6.42 Å². The molecule has 54 valence electrons. The summed E-state index contributed by atoms with van der Waals surface area (Å²) in [6.07, 6.45) is 10.4. The monoisotopic (exact) mass is 134 g/mol. The van der Waals surface area contributed by atoms with Crippen LogP contribution in [0.15, 0.2) is 23.3 Å². The molecule has 0 atom stereocenters. The predicted octanol–water partition coefficient (Wildman–Crippen LogP) is 2.92. The molecule has 0 saturated carbocycles. The van der Waals surface area contributed by atoms with Crippen molar-refractivity contribution in [3.63, 3.8) is 0 Å². The Morgan fingerprint density at radius 1 is 1.50 bits per heavy atom. The van der Waals surface area contributed by atoms with Crippen LogP contribution in [0.1, 0.15) is 27.2 Å². The highest BCUT2D eigenvalue weighted by molar-refractivity contribution is 5.31. The van der Waals surface area contributed by atoms with Crippen molar-refractivity contribution >= 4 is 0 Å². The van der Waals surface area contributed by atoms with Gasteiger partial charge >= 0.3 is 0 Å². The van der Waals surface area contributed by atoms with Gasteiger partial charge in [0, 0.05) is 0 Å². The molecule has 10 heavy (non-hydrogen) atoms. The zero-order valence-electron chi connectivity index (χ0n) is 6.94. The van der Waals surface area contributed by atoms with E-state index in [9.17, 15) is 0 Å². The van der Waals surface area contributed by atoms with Gasteiger partial charge in [-0.25, -0.2) is 0 Å². The molecule has 0 rings (SSSR count). The Balaban J connectivity index is 4.15. The lowest BCUT2D eigenvalue weighted by Gasteiger charge is -1.90. The highest BCUT2D eigenvalue weighted by Crippen LogP contribution is 2.00. The lowest BCUT2D eigenvalue weighted by Crippen LogP contribution is -1.71. The van der Waals surface area contributed by atoms with E-state index in [0.29, 0.717) is 0 Å². The second-order valence-electron chi connectivity index (χ2n) is 2.33. The Bertz CT molecular complexity index is 187. The Morgan fingerprint density at radius 3 is 2.50 bits per heavy atom. The van der Waals surface area contributed by atoms with Gasteiger partial charge in [-0.05, 0) is 31.9 Å². The second-order valence-corrected chi connectivity index (χ2v) is 2.33. The van der Waals surface area contributed by atoms with Crippen LogP contribution in [0.25, 0.3) is 0 Å². The smallest absolute Gasteiger partial charge is 0.00109 e. The van der Waals surface area contributed by atoms with Crippen LogP contribution < -0.4 is 0 Å². The molecule has 0 heterocycles. The molecule has 0 spiro atoms. The van der Waals surface area contributed by atoms with Crippen LogP contribution >= 0.6 is 0 Å². The lowest BCUT2D eigenvalue weighted by molar-refractivity contribution is 1.19. The van der Waals surface area contributed by atoms with Crippen molar-refractivity contribution < 1.29 is 0 Å². The summed E-state index contributed by atoms with van der Waals surface area (Å²) in [5, 5.41) is 0. The normalized spacial score (nSPS) is 13.0. The molecule has 0 saturated heterocycles. The van der Waals surface area contributed by atoms with Crippen LogP contribution in [-0.4, -0.2) is 0 Å². The highest BCUT2D eigenvalue weighted by atomic mass is 13.9. The molecule has 0 amide bonds. The van der Waals surface area contributed by atoms with Crippen molar-refractivity contribution in [2.24, 2.45) is 0 Å². The Morgan fingerprint density at radius 2 is 2.10 bits per heavy atom. The summed E-state index contributed by atoms with van der Waals surface area (Å²) in [5.74, 6) is 2.57. The van der Waals surface area contributed by atoms with Gasteiger partial charge in [0.25, 0.3) is 0 Å². The summed E-state index contributed by atoms with van der Waals surface area (Å²) in [7, 11) is 0. The lowest BCUT2D eigenvalue weighted by atomic mass is 10.2. The molecular formula is C10H14. The van der Waals surface area contributed by atoms with E-state index < -0.39 is 0 Å². The second kappa shape index (κ2) is 4.88. The van der Waals surface area contributed by atoms with Crippen LogP contribution in [0.2, 0.25) is 0 Å². The van der Waals surface area contributed by atoms with Gasteiger partial charge in [0.15, 0.2) is 0 Å². The fourth-order valence-electron chi connectivity index (χ4n) is 0.764. The van der Waals surface area contributed by atoms with Crippen LogP contribution in [0.3, 0.4) is 0 Å². The van der Waals surface area contributed by atoms with Crippen LogP contribution in [0.4, 0.5) is 0 Å². The van der Waals surface area contributed by atoms with Gasteiger partial charge in [0.2, 0.25) is 0 Å². The Labute approximate surface area is 63.6 Å². The van der Waals surface area contributed by atoms with E-state index in [4.69, 9.17) is 6.42 Å². The minimum atomic E-state index is 0.988. The van der Waals surface area contributed by atoms with Crippen molar-refractivity contribution in [1.82, 2.24) is 0 Å². The fourth-order valence-corrected chi connectivity index (χ4v) is 0.764. The molecule has 0 nitrogen and oxygen atoms in total. The van der Waals surface area contributed by atoms with Gasteiger partial charge in [-0.2, -0.15) is 0 Å². The maximum absolute atomic E-state index is 5.17. The van der Waals surface area contributed by atoms with Gasteiger partial charge in [0.1, 0.15) is 0 Å². The quantitative estimate of drug-likeness (QED) is 0.402. The van der Waals surface area contributed by atoms with Crippen LogP contribution in [0.5, 0.6) is 0 Å². The zero-order chi connectivity index (χ0) is 7.98. The molecule has 0 radical (unpaired) electrons. The first-order valence-corrected chi connectivity index (χ1v) is 3.52. The molecule has 0 heteroatoms. The van der Waals surface area contributed by atoms with E-state index in [1.165, 1.54) is 5.57 Å². The summed E-state index contributed by atoms with van der Waals surface area (Å²) in [6, 6.07) is 0. The summed E-state index contributed by atoms with van der Waals surface area (Å²) in [6.45, 7) is 6.11. The number of hydrogen-bond acceptors (Lipinski definition) is 0. The molecule has 0 N–H and O–H groups in total. The first-order valence-electron chi connectivity index (χ1n) is 3.52.